The summed E-state index contributed by atoms with van der Waals surface area (Å²) in [6, 6.07) is 73.4. The molecule has 0 spiro atoms. The second-order valence-corrected chi connectivity index (χ2v) is 32.8. The molecule has 0 fully saturated rings. The number of anilines is 6. The fourth-order valence-electron chi connectivity index (χ4n) is 17.2. The molecule has 0 N–H and O–H groups in total. The molecule has 0 saturated carbocycles. The van der Waals surface area contributed by atoms with Crippen molar-refractivity contribution in [2.45, 2.75) is 78.6 Å². The van der Waals surface area contributed by atoms with E-state index in [1.54, 1.807) is 4.57 Å². The average Bonchev–Trinajstić information content (AvgIpc) is 0.725. The van der Waals surface area contributed by atoms with E-state index in [4.69, 9.17) is 15.0 Å². The van der Waals surface area contributed by atoms with Crippen molar-refractivity contribution in [1.82, 2.24) is 28.7 Å². The van der Waals surface area contributed by atoms with Crippen molar-refractivity contribution in [1.29, 1.82) is 0 Å². The maximum absolute atomic E-state index is 10.0. The summed E-state index contributed by atoms with van der Waals surface area (Å²) < 4.78 is 159. The zero-order valence-corrected chi connectivity index (χ0v) is 64.2. The van der Waals surface area contributed by atoms with E-state index < -0.39 is 109 Å². The Morgan fingerprint density at radius 3 is 1.06 bits per heavy atom. The van der Waals surface area contributed by atoms with E-state index >= 15 is 0 Å². The third kappa shape index (κ3) is 11.0. The molecule has 2 aliphatic rings. The van der Waals surface area contributed by atoms with Crippen LogP contribution in [0.1, 0.15) is 101 Å². The van der Waals surface area contributed by atoms with E-state index in [1.165, 1.54) is 4.57 Å². The molecular formula is C105H83BN8. The van der Waals surface area contributed by atoms with Gasteiger partial charge in [-0.05, 0) is 170 Å². The summed E-state index contributed by atoms with van der Waals surface area (Å²) in [6.07, 6.45) is 0. The molecule has 114 heavy (non-hydrogen) atoms. The molecule has 2 aliphatic heterocycles. The van der Waals surface area contributed by atoms with Crippen LogP contribution >= 0.6 is 0 Å². The molecule has 0 saturated heterocycles. The van der Waals surface area contributed by atoms with Crippen LogP contribution in [0.3, 0.4) is 0 Å². The molecule has 4 aromatic heterocycles. The number of hydrogen-bond donors (Lipinski definition) is 0. The van der Waals surface area contributed by atoms with Crippen LogP contribution in [0.15, 0.2) is 339 Å². The lowest BCUT2D eigenvalue weighted by Crippen LogP contribution is -2.61. The van der Waals surface area contributed by atoms with Gasteiger partial charge in [0.2, 0.25) is 0 Å². The second kappa shape index (κ2) is 26.0. The minimum atomic E-state index is -0.866. The SMILES string of the molecule is [2H]c1c([2H])c([2H])c2c(c1[2H])c1c([2H])c([2H])c([2H])c([2H])c1n2-c1ccc2c(c1)N(c1ccccc1-c1nc(-c3ccccc3)nc(-c3ccccc3)n1)c1cc(-n3c4ccc(C(C)(C)C)cc4c4cc(C(C)(C)C)ccc43)cc3c1B2c1ccc(-n2c4c([2H])c([2H])c([2H])c([2H])c4c4c([2H])c([2H])c([2H])c([2H])c42)cc1N3c1c(-c2ccccc2)cc(C(C)(C)C)cc1-c1ccccc1. The lowest BCUT2D eigenvalue weighted by molar-refractivity contribution is 0.590. The van der Waals surface area contributed by atoms with Crippen LogP contribution in [0.4, 0.5) is 34.1 Å². The van der Waals surface area contributed by atoms with Crippen molar-refractivity contribution < 1.29 is 21.9 Å². The summed E-state index contributed by atoms with van der Waals surface area (Å²) in [7, 11) is 0. The van der Waals surface area contributed by atoms with Crippen LogP contribution in [0.5, 0.6) is 0 Å². The van der Waals surface area contributed by atoms with E-state index in [1.807, 2.05) is 158 Å². The zero-order chi connectivity index (χ0) is 91.0. The highest BCUT2D eigenvalue weighted by atomic mass is 15.2. The minimum Gasteiger partial charge on any atom is -0.311 e. The summed E-state index contributed by atoms with van der Waals surface area (Å²) in [5.74, 6) is 1.09. The van der Waals surface area contributed by atoms with Crippen LogP contribution in [0.2, 0.25) is 0 Å². The van der Waals surface area contributed by atoms with Crippen LogP contribution < -0.4 is 26.2 Å². The highest BCUT2D eigenvalue weighted by molar-refractivity contribution is 7.00. The number of para-hydroxylation sites is 5. The molecule has 0 unspecified atom stereocenters. The van der Waals surface area contributed by atoms with E-state index in [0.717, 1.165) is 83.0 Å². The molecule has 0 bridgehead atoms. The number of aromatic nitrogens is 6. The number of fused-ring (bicyclic) bond motifs is 13. The first-order valence-corrected chi connectivity index (χ1v) is 38.5. The van der Waals surface area contributed by atoms with Crippen molar-refractivity contribution in [3.05, 3.63) is 356 Å². The molecule has 6 heterocycles. The predicted molar refractivity (Wildman–Crippen MR) is 480 cm³/mol. The van der Waals surface area contributed by atoms with Gasteiger partial charge >= 0.3 is 0 Å². The van der Waals surface area contributed by atoms with Gasteiger partial charge in [-0.3, -0.25) is 0 Å². The third-order valence-corrected chi connectivity index (χ3v) is 22.8. The maximum Gasteiger partial charge on any atom is 0.252 e. The Kier molecular flexibility index (Phi) is 12.1. The summed E-state index contributed by atoms with van der Waals surface area (Å²) in [5.41, 5.74) is 16.0. The van der Waals surface area contributed by atoms with Gasteiger partial charge in [-0.25, -0.2) is 15.0 Å². The van der Waals surface area contributed by atoms with Crippen LogP contribution in [0.25, 0.3) is 139 Å². The van der Waals surface area contributed by atoms with Gasteiger partial charge in [-0.15, -0.1) is 0 Å². The molecule has 8 nitrogen and oxygen atoms in total. The van der Waals surface area contributed by atoms with Gasteiger partial charge in [-0.2, -0.15) is 0 Å². The van der Waals surface area contributed by atoms with Crippen LogP contribution in [-0.2, 0) is 16.2 Å². The lowest BCUT2D eigenvalue weighted by atomic mass is 9.33. The smallest absolute Gasteiger partial charge is 0.252 e. The van der Waals surface area contributed by atoms with Gasteiger partial charge in [0.05, 0.1) is 72.1 Å². The number of rotatable bonds is 10. The van der Waals surface area contributed by atoms with Crippen molar-refractivity contribution in [2.75, 3.05) is 9.80 Å². The Labute approximate surface area is 687 Å². The first kappa shape index (κ1) is 53.3. The van der Waals surface area contributed by atoms with E-state index in [-0.39, 0.29) is 65.8 Å². The van der Waals surface area contributed by atoms with E-state index in [0.29, 0.717) is 68.1 Å². The van der Waals surface area contributed by atoms with Gasteiger partial charge < -0.3 is 23.5 Å². The second-order valence-electron chi connectivity index (χ2n) is 32.8. The number of hydrogen-bond acceptors (Lipinski definition) is 5. The van der Waals surface area contributed by atoms with E-state index in [9.17, 15) is 21.9 Å². The standard InChI is InChI=1S/C105H83BN8/c1-103(2,3)70-50-56-92-83(58-70)84-59-71(104(4,5)6)51-57-93(84)112(92)75-64-96-98-97(65-75)114(99-81(66-32-14-10-15-33-66)60-72(105(7,8)9)61-82(99)67-34-16-11-17-35-67)95-63-74(111-89-47-29-24-42-78(89)79-43-25-30-48-90(79)111)53-55-86(95)106(98)85-54-52-73(110-87-45-27-22-40-76(87)77-41-23-28-46-88(77)110)62-94(85)113(96)91-49-31-26-44-80(91)102-108-100(68-36-18-12-19-37-68)107-101(109-102)69-38-20-13-21-39-69/h10-65H,1-9H3/i22D,23D,24D,25D,27D,28D,29D,30D,40D,41D,42D,43D,45D,46D,47D,48D. The fourth-order valence-corrected chi connectivity index (χ4v) is 17.2. The Balaban J connectivity index is 0.994. The molecule has 546 valence electrons. The third-order valence-electron chi connectivity index (χ3n) is 22.8. The molecule has 21 rings (SSSR count). The van der Waals surface area contributed by atoms with E-state index in [2.05, 4.69) is 162 Å². The predicted octanol–water partition coefficient (Wildman–Crippen LogP) is 25.5. The highest BCUT2D eigenvalue weighted by Crippen LogP contribution is 2.54. The fraction of sp³-hybridized carbons (Fsp3) is 0.114. The molecule has 9 heteroatoms. The first-order valence-electron chi connectivity index (χ1n) is 46.5. The number of nitrogens with zero attached hydrogens (tertiary/aromatic N) is 8. The Hall–Kier alpha value is -13.6. The largest absolute Gasteiger partial charge is 0.311 e. The van der Waals surface area contributed by atoms with Crippen molar-refractivity contribution in [3.63, 3.8) is 0 Å². The molecule has 15 aromatic carbocycles. The van der Waals surface area contributed by atoms with Crippen molar-refractivity contribution in [2.24, 2.45) is 0 Å². The van der Waals surface area contributed by atoms with Crippen LogP contribution in [-0.4, -0.2) is 35.4 Å². The average molecular weight is 1480 g/mol. The lowest BCUT2D eigenvalue weighted by Gasteiger charge is -2.46. The summed E-state index contributed by atoms with van der Waals surface area (Å²) in [4.78, 5) is 20.7. The minimum absolute atomic E-state index is 0.0741. The Morgan fingerprint density at radius 2 is 0.632 bits per heavy atom. The van der Waals surface area contributed by atoms with Gasteiger partial charge in [-0.1, -0.05) is 293 Å². The molecule has 0 amide bonds. The Morgan fingerprint density at radius 1 is 0.272 bits per heavy atom. The molecule has 19 aromatic rings. The normalized spacial score (nSPS) is 14.9. The molecular weight excluding hydrogens is 1380 g/mol. The van der Waals surface area contributed by atoms with Gasteiger partial charge in [0.1, 0.15) is 0 Å². The maximum atomic E-state index is 10.0. The monoisotopic (exact) mass is 1480 g/mol. The van der Waals surface area contributed by atoms with Gasteiger partial charge in [0.25, 0.3) is 6.71 Å². The molecule has 0 aliphatic carbocycles. The van der Waals surface area contributed by atoms with Gasteiger partial charge in [0, 0.05) is 94.3 Å². The topological polar surface area (TPSA) is 59.9 Å². The molecule has 0 radical (unpaired) electrons. The zero-order valence-electron chi connectivity index (χ0n) is 80.2. The quantitative estimate of drug-likeness (QED) is 0.128. The summed E-state index contributed by atoms with van der Waals surface area (Å²) in [5, 5.41) is 1.61. The van der Waals surface area contributed by atoms with Crippen molar-refractivity contribution in [3.8, 4) is 73.5 Å². The van der Waals surface area contributed by atoms with Crippen LogP contribution in [0, 0.1) is 0 Å². The number of benzene rings is 15. The highest BCUT2D eigenvalue weighted by Gasteiger charge is 2.46. The van der Waals surface area contributed by atoms with Gasteiger partial charge in [0.15, 0.2) is 17.5 Å². The summed E-state index contributed by atoms with van der Waals surface area (Å²) >= 11 is 0. The van der Waals surface area contributed by atoms with Crippen molar-refractivity contribution >= 4 is 123 Å². The Bertz CT molecular complexity index is 7790. The molecule has 0 atom stereocenters. The first-order chi connectivity index (χ1) is 62.1. The summed E-state index contributed by atoms with van der Waals surface area (Å²) in [6.45, 7) is 19.0.